The average molecular weight is 277 g/mol. The van der Waals surface area contributed by atoms with E-state index >= 15 is 0 Å². The quantitative estimate of drug-likeness (QED) is 0.864. The molecule has 1 aliphatic heterocycles. The fraction of sp³-hybridized carbons (Fsp3) is 0.533. The van der Waals surface area contributed by atoms with Crippen molar-refractivity contribution in [3.63, 3.8) is 0 Å². The van der Waals surface area contributed by atoms with Gasteiger partial charge in [-0.05, 0) is 32.0 Å². The van der Waals surface area contributed by atoms with Gasteiger partial charge in [0, 0.05) is 32.2 Å². The number of hydrogen-bond acceptors (Lipinski definition) is 4. The van der Waals surface area contributed by atoms with Crippen LogP contribution in [0.15, 0.2) is 18.2 Å². The molecule has 0 bridgehead atoms. The molecule has 1 aromatic carbocycles. The Bertz CT molecular complexity index is 474. The van der Waals surface area contributed by atoms with E-state index in [-0.39, 0.29) is 12.0 Å². The highest BCUT2D eigenvalue weighted by molar-refractivity contribution is 5.96. The molecular formula is C15H23N3O2. The van der Waals surface area contributed by atoms with E-state index < -0.39 is 0 Å². The Morgan fingerprint density at radius 3 is 2.70 bits per heavy atom. The SMILES string of the molecule is CC(C)OCCN(C)C(=O)c1ccc2c(c1)NCCN2. The van der Waals surface area contributed by atoms with Crippen LogP contribution < -0.4 is 10.6 Å². The molecular weight excluding hydrogens is 254 g/mol. The predicted molar refractivity (Wildman–Crippen MR) is 81.5 cm³/mol. The standard InChI is InChI=1S/C15H23N3O2/c1-11(2)20-9-8-18(3)15(19)12-4-5-13-14(10-12)17-7-6-16-13/h4-5,10-11,16-17H,6-9H2,1-3H3. The minimum atomic E-state index is 0.0209. The number of nitrogens with zero attached hydrogens (tertiary/aromatic N) is 1. The second-order valence-corrected chi connectivity index (χ2v) is 5.26. The van der Waals surface area contributed by atoms with Crippen molar-refractivity contribution in [3.8, 4) is 0 Å². The van der Waals surface area contributed by atoms with Crippen LogP contribution in [0.5, 0.6) is 0 Å². The van der Waals surface area contributed by atoms with Crippen LogP contribution in [-0.2, 0) is 4.74 Å². The first-order valence-electron chi connectivity index (χ1n) is 7.07. The third kappa shape index (κ3) is 3.63. The highest BCUT2D eigenvalue weighted by Gasteiger charge is 2.15. The molecule has 2 N–H and O–H groups in total. The normalized spacial score (nSPS) is 13.4. The summed E-state index contributed by atoms with van der Waals surface area (Å²) in [6.07, 6.45) is 0.192. The van der Waals surface area contributed by atoms with Crippen LogP contribution in [0.3, 0.4) is 0 Å². The summed E-state index contributed by atoms with van der Waals surface area (Å²) in [5, 5.41) is 6.59. The third-order valence-electron chi connectivity index (χ3n) is 3.25. The summed E-state index contributed by atoms with van der Waals surface area (Å²) in [5.41, 5.74) is 2.75. The topological polar surface area (TPSA) is 53.6 Å². The van der Waals surface area contributed by atoms with Crippen molar-refractivity contribution >= 4 is 17.3 Å². The Morgan fingerprint density at radius 1 is 1.30 bits per heavy atom. The van der Waals surface area contributed by atoms with Crippen molar-refractivity contribution in [2.45, 2.75) is 20.0 Å². The van der Waals surface area contributed by atoms with Gasteiger partial charge in [-0.3, -0.25) is 4.79 Å². The number of amides is 1. The average Bonchev–Trinajstić information content (AvgIpc) is 2.45. The number of hydrogen-bond donors (Lipinski definition) is 2. The van der Waals surface area contributed by atoms with Gasteiger partial charge in [0.05, 0.1) is 24.1 Å². The maximum Gasteiger partial charge on any atom is 0.253 e. The predicted octanol–water partition coefficient (Wildman–Crippen LogP) is 2.02. The molecule has 2 rings (SSSR count). The van der Waals surface area contributed by atoms with Crippen molar-refractivity contribution in [1.29, 1.82) is 0 Å². The monoisotopic (exact) mass is 277 g/mol. The van der Waals surface area contributed by atoms with Crippen molar-refractivity contribution in [2.24, 2.45) is 0 Å². The first kappa shape index (κ1) is 14.7. The van der Waals surface area contributed by atoms with Gasteiger partial charge in [0.1, 0.15) is 0 Å². The van der Waals surface area contributed by atoms with E-state index in [1.807, 2.05) is 32.0 Å². The molecule has 0 saturated carbocycles. The molecule has 0 atom stereocenters. The number of ether oxygens (including phenoxy) is 1. The Morgan fingerprint density at radius 2 is 2.00 bits per heavy atom. The van der Waals surface area contributed by atoms with Crippen LogP contribution in [0, 0.1) is 0 Å². The van der Waals surface area contributed by atoms with Crippen molar-refractivity contribution < 1.29 is 9.53 Å². The molecule has 0 saturated heterocycles. The molecule has 20 heavy (non-hydrogen) atoms. The van der Waals surface area contributed by atoms with Gasteiger partial charge < -0.3 is 20.3 Å². The maximum atomic E-state index is 12.3. The molecule has 5 heteroatoms. The van der Waals surface area contributed by atoms with Crippen LogP contribution in [0.4, 0.5) is 11.4 Å². The minimum Gasteiger partial charge on any atom is -0.382 e. The van der Waals surface area contributed by atoms with E-state index in [2.05, 4.69) is 10.6 Å². The van der Waals surface area contributed by atoms with Crippen LogP contribution in [0.25, 0.3) is 0 Å². The summed E-state index contributed by atoms with van der Waals surface area (Å²) in [5.74, 6) is 0.0209. The number of rotatable bonds is 5. The van der Waals surface area contributed by atoms with Gasteiger partial charge in [-0.2, -0.15) is 0 Å². The Kier molecular flexibility index (Phi) is 4.84. The largest absolute Gasteiger partial charge is 0.382 e. The molecule has 0 aliphatic carbocycles. The molecule has 110 valence electrons. The second kappa shape index (κ2) is 6.61. The Balaban J connectivity index is 1.98. The van der Waals surface area contributed by atoms with Crippen LogP contribution in [0.1, 0.15) is 24.2 Å². The van der Waals surface area contributed by atoms with E-state index in [0.717, 1.165) is 24.5 Å². The zero-order valence-corrected chi connectivity index (χ0v) is 12.4. The lowest BCUT2D eigenvalue weighted by Crippen LogP contribution is -2.31. The number of likely N-dealkylation sites (N-methyl/N-ethyl adjacent to an activating group) is 1. The fourth-order valence-corrected chi connectivity index (χ4v) is 2.12. The maximum absolute atomic E-state index is 12.3. The fourth-order valence-electron chi connectivity index (χ4n) is 2.12. The zero-order chi connectivity index (χ0) is 14.5. The lowest BCUT2D eigenvalue weighted by atomic mass is 10.1. The van der Waals surface area contributed by atoms with Gasteiger partial charge in [-0.15, -0.1) is 0 Å². The third-order valence-corrected chi connectivity index (χ3v) is 3.25. The van der Waals surface area contributed by atoms with Gasteiger partial charge in [0.15, 0.2) is 0 Å². The molecule has 1 aliphatic rings. The minimum absolute atomic E-state index is 0.0209. The van der Waals surface area contributed by atoms with E-state index in [9.17, 15) is 4.79 Å². The van der Waals surface area contributed by atoms with Gasteiger partial charge in [0.2, 0.25) is 0 Å². The van der Waals surface area contributed by atoms with E-state index in [1.165, 1.54) is 0 Å². The van der Waals surface area contributed by atoms with Gasteiger partial charge in [-0.25, -0.2) is 0 Å². The van der Waals surface area contributed by atoms with Crippen molar-refractivity contribution in [2.75, 3.05) is 43.9 Å². The van der Waals surface area contributed by atoms with E-state index in [0.29, 0.717) is 18.7 Å². The molecule has 1 amide bonds. The summed E-state index contributed by atoms with van der Waals surface area (Å²) in [6.45, 7) is 6.92. The van der Waals surface area contributed by atoms with Gasteiger partial charge in [0.25, 0.3) is 5.91 Å². The summed E-state index contributed by atoms with van der Waals surface area (Å²) < 4.78 is 5.47. The number of nitrogens with one attached hydrogen (secondary N) is 2. The first-order chi connectivity index (χ1) is 9.58. The summed E-state index contributed by atoms with van der Waals surface area (Å²) in [6, 6.07) is 5.72. The molecule has 0 spiro atoms. The summed E-state index contributed by atoms with van der Waals surface area (Å²) in [4.78, 5) is 14.0. The smallest absolute Gasteiger partial charge is 0.253 e. The van der Waals surface area contributed by atoms with Gasteiger partial charge >= 0.3 is 0 Å². The van der Waals surface area contributed by atoms with E-state index in [1.54, 1.807) is 11.9 Å². The lowest BCUT2D eigenvalue weighted by molar-refractivity contribution is 0.0532. The molecule has 0 radical (unpaired) electrons. The Labute approximate surface area is 120 Å². The molecule has 1 heterocycles. The number of fused-ring (bicyclic) bond motifs is 1. The van der Waals surface area contributed by atoms with E-state index in [4.69, 9.17) is 4.74 Å². The Hall–Kier alpha value is -1.75. The molecule has 5 nitrogen and oxygen atoms in total. The number of benzene rings is 1. The molecule has 0 aromatic heterocycles. The van der Waals surface area contributed by atoms with Crippen molar-refractivity contribution in [1.82, 2.24) is 4.90 Å². The summed E-state index contributed by atoms with van der Waals surface area (Å²) >= 11 is 0. The molecule has 0 unspecified atom stereocenters. The van der Waals surface area contributed by atoms with Crippen LogP contribution >= 0.6 is 0 Å². The second-order valence-electron chi connectivity index (χ2n) is 5.26. The molecule has 0 fully saturated rings. The van der Waals surface area contributed by atoms with Gasteiger partial charge in [-0.1, -0.05) is 0 Å². The molecule has 1 aromatic rings. The first-order valence-corrected chi connectivity index (χ1v) is 7.07. The zero-order valence-electron chi connectivity index (χ0n) is 12.4. The number of carbonyl (C=O) groups is 1. The summed E-state index contributed by atoms with van der Waals surface area (Å²) in [7, 11) is 1.80. The highest BCUT2D eigenvalue weighted by Crippen LogP contribution is 2.25. The number of carbonyl (C=O) groups excluding carboxylic acids is 1. The highest BCUT2D eigenvalue weighted by atomic mass is 16.5. The van der Waals surface area contributed by atoms with Crippen molar-refractivity contribution in [3.05, 3.63) is 23.8 Å². The van der Waals surface area contributed by atoms with Crippen LogP contribution in [0.2, 0.25) is 0 Å². The van der Waals surface area contributed by atoms with Crippen LogP contribution in [-0.4, -0.2) is 50.2 Å². The number of anilines is 2. The lowest BCUT2D eigenvalue weighted by Gasteiger charge is -2.22.